The lowest BCUT2D eigenvalue weighted by Crippen LogP contribution is -2.21. The zero-order valence-corrected chi connectivity index (χ0v) is 13.1. The SMILES string of the molecule is CCCNc1cc(NCCN(C)C)nc(COCC)n1. The second-order valence-electron chi connectivity index (χ2n) is 4.85. The normalized spacial score (nSPS) is 10.8. The monoisotopic (exact) mass is 281 g/mol. The third-order valence-corrected chi connectivity index (χ3v) is 2.63. The van der Waals surface area contributed by atoms with E-state index in [-0.39, 0.29) is 0 Å². The maximum atomic E-state index is 5.39. The minimum absolute atomic E-state index is 0.445. The summed E-state index contributed by atoms with van der Waals surface area (Å²) in [4.78, 5) is 11.1. The number of rotatable bonds is 10. The minimum atomic E-state index is 0.445. The van der Waals surface area contributed by atoms with Crippen LogP contribution in [-0.4, -0.2) is 55.2 Å². The lowest BCUT2D eigenvalue weighted by atomic mass is 10.4. The van der Waals surface area contributed by atoms with Gasteiger partial charge in [0.05, 0.1) is 0 Å². The van der Waals surface area contributed by atoms with Crippen molar-refractivity contribution >= 4 is 11.6 Å². The highest BCUT2D eigenvalue weighted by Gasteiger charge is 2.04. The smallest absolute Gasteiger partial charge is 0.158 e. The van der Waals surface area contributed by atoms with Crippen LogP contribution in [0, 0.1) is 0 Å². The van der Waals surface area contributed by atoms with E-state index in [0.717, 1.165) is 37.7 Å². The first-order valence-corrected chi connectivity index (χ1v) is 7.23. The van der Waals surface area contributed by atoms with Crippen molar-refractivity contribution in [3.05, 3.63) is 11.9 Å². The fraction of sp³-hybridized carbons (Fsp3) is 0.714. The Kier molecular flexibility index (Phi) is 7.91. The molecule has 0 radical (unpaired) electrons. The highest BCUT2D eigenvalue weighted by atomic mass is 16.5. The number of hydrogen-bond donors (Lipinski definition) is 2. The number of ether oxygens (including phenoxy) is 1. The van der Waals surface area contributed by atoms with Gasteiger partial charge in [0, 0.05) is 32.3 Å². The zero-order chi connectivity index (χ0) is 14.8. The first kappa shape index (κ1) is 16.7. The summed E-state index contributed by atoms with van der Waals surface area (Å²) in [6, 6.07) is 1.95. The van der Waals surface area contributed by atoms with E-state index in [9.17, 15) is 0 Å². The standard InChI is InChI=1S/C14H27N5O/c1-5-7-15-12-10-13(16-8-9-19(3)4)18-14(17-12)11-20-6-2/h10H,5-9,11H2,1-4H3,(H2,15,16,17,18). The maximum absolute atomic E-state index is 5.39. The number of hydrogen-bond acceptors (Lipinski definition) is 6. The third-order valence-electron chi connectivity index (χ3n) is 2.63. The highest BCUT2D eigenvalue weighted by Crippen LogP contribution is 2.12. The molecule has 20 heavy (non-hydrogen) atoms. The molecule has 0 unspecified atom stereocenters. The van der Waals surface area contributed by atoms with Crippen molar-refractivity contribution in [1.29, 1.82) is 0 Å². The lowest BCUT2D eigenvalue weighted by molar-refractivity contribution is 0.128. The molecule has 0 aliphatic carbocycles. The summed E-state index contributed by atoms with van der Waals surface area (Å²) in [6.45, 7) is 7.93. The summed E-state index contributed by atoms with van der Waals surface area (Å²) >= 11 is 0. The molecule has 2 N–H and O–H groups in total. The van der Waals surface area contributed by atoms with Gasteiger partial charge in [-0.1, -0.05) is 6.92 Å². The molecule has 0 spiro atoms. The molecular weight excluding hydrogens is 254 g/mol. The van der Waals surface area contributed by atoms with E-state index in [1.807, 2.05) is 13.0 Å². The Morgan fingerprint density at radius 3 is 2.30 bits per heavy atom. The predicted octanol–water partition coefficient (Wildman–Crippen LogP) is 1.81. The molecule has 1 aromatic rings. The molecule has 0 amide bonds. The number of likely N-dealkylation sites (N-methyl/N-ethyl adjacent to an activating group) is 1. The van der Waals surface area contributed by atoms with Crippen molar-refractivity contribution in [2.24, 2.45) is 0 Å². The molecule has 0 saturated heterocycles. The minimum Gasteiger partial charge on any atom is -0.374 e. The summed E-state index contributed by atoms with van der Waals surface area (Å²) in [5.74, 6) is 2.40. The summed E-state index contributed by atoms with van der Waals surface area (Å²) in [7, 11) is 4.10. The molecule has 1 rings (SSSR count). The van der Waals surface area contributed by atoms with Gasteiger partial charge in [0.25, 0.3) is 0 Å². The molecule has 1 aromatic heterocycles. The Hall–Kier alpha value is -1.40. The van der Waals surface area contributed by atoms with Crippen LogP contribution >= 0.6 is 0 Å². The molecule has 6 heteroatoms. The number of aromatic nitrogens is 2. The molecule has 0 aliphatic rings. The molecule has 114 valence electrons. The third kappa shape index (κ3) is 6.68. The van der Waals surface area contributed by atoms with Crippen LogP contribution < -0.4 is 10.6 Å². The van der Waals surface area contributed by atoms with Crippen LogP contribution in [0.2, 0.25) is 0 Å². The van der Waals surface area contributed by atoms with E-state index < -0.39 is 0 Å². The van der Waals surface area contributed by atoms with E-state index in [4.69, 9.17) is 4.74 Å². The average molecular weight is 281 g/mol. The molecule has 0 fully saturated rings. The molecule has 0 saturated carbocycles. The van der Waals surface area contributed by atoms with Gasteiger partial charge in [-0.3, -0.25) is 0 Å². The summed E-state index contributed by atoms with van der Waals surface area (Å²) < 4.78 is 5.39. The summed E-state index contributed by atoms with van der Waals surface area (Å²) in [5, 5.41) is 6.61. The van der Waals surface area contributed by atoms with Crippen molar-refractivity contribution < 1.29 is 4.74 Å². The van der Waals surface area contributed by atoms with Crippen LogP contribution in [0.4, 0.5) is 11.6 Å². The second kappa shape index (κ2) is 9.50. The van der Waals surface area contributed by atoms with Crippen LogP contribution in [0.3, 0.4) is 0 Å². The predicted molar refractivity (Wildman–Crippen MR) is 83.2 cm³/mol. The van der Waals surface area contributed by atoms with Gasteiger partial charge < -0.3 is 20.3 Å². The van der Waals surface area contributed by atoms with Gasteiger partial charge in [-0.15, -0.1) is 0 Å². The van der Waals surface area contributed by atoms with E-state index in [1.165, 1.54) is 0 Å². The zero-order valence-electron chi connectivity index (χ0n) is 13.1. The highest BCUT2D eigenvalue weighted by molar-refractivity contribution is 5.47. The van der Waals surface area contributed by atoms with Crippen molar-refractivity contribution in [2.75, 3.05) is 51.0 Å². The molecule has 0 atom stereocenters. The molecule has 6 nitrogen and oxygen atoms in total. The van der Waals surface area contributed by atoms with Crippen molar-refractivity contribution in [2.45, 2.75) is 26.9 Å². The Morgan fingerprint density at radius 1 is 1.10 bits per heavy atom. The summed E-state index contributed by atoms with van der Waals surface area (Å²) in [5.41, 5.74) is 0. The van der Waals surface area contributed by atoms with E-state index in [2.05, 4.69) is 46.5 Å². The van der Waals surface area contributed by atoms with Crippen molar-refractivity contribution in [3.8, 4) is 0 Å². The van der Waals surface area contributed by atoms with Crippen LogP contribution in [0.15, 0.2) is 6.07 Å². The molecule has 0 aromatic carbocycles. The molecule has 1 heterocycles. The van der Waals surface area contributed by atoms with Gasteiger partial charge in [0.15, 0.2) is 5.82 Å². The van der Waals surface area contributed by atoms with Gasteiger partial charge in [0.2, 0.25) is 0 Å². The second-order valence-corrected chi connectivity index (χ2v) is 4.85. The summed E-state index contributed by atoms with van der Waals surface area (Å²) in [6.07, 6.45) is 1.06. The van der Waals surface area contributed by atoms with Crippen molar-refractivity contribution in [1.82, 2.24) is 14.9 Å². The van der Waals surface area contributed by atoms with Crippen LogP contribution in [0.5, 0.6) is 0 Å². The Labute approximate surface area is 121 Å². The average Bonchev–Trinajstić information content (AvgIpc) is 2.42. The fourth-order valence-corrected chi connectivity index (χ4v) is 1.60. The van der Waals surface area contributed by atoms with Gasteiger partial charge in [-0.25, -0.2) is 9.97 Å². The number of anilines is 2. The first-order valence-electron chi connectivity index (χ1n) is 7.23. The molecular formula is C14H27N5O. The van der Waals surface area contributed by atoms with Crippen molar-refractivity contribution in [3.63, 3.8) is 0 Å². The largest absolute Gasteiger partial charge is 0.374 e. The Bertz CT molecular complexity index is 358. The van der Waals surface area contributed by atoms with Gasteiger partial charge >= 0.3 is 0 Å². The number of nitrogens with zero attached hydrogens (tertiary/aromatic N) is 3. The Morgan fingerprint density at radius 2 is 1.75 bits per heavy atom. The number of nitrogens with one attached hydrogen (secondary N) is 2. The van der Waals surface area contributed by atoms with Crippen LogP contribution in [0.25, 0.3) is 0 Å². The first-order chi connectivity index (χ1) is 9.65. The molecule has 0 bridgehead atoms. The van der Waals surface area contributed by atoms with Gasteiger partial charge in [-0.2, -0.15) is 0 Å². The van der Waals surface area contributed by atoms with E-state index in [0.29, 0.717) is 19.0 Å². The van der Waals surface area contributed by atoms with E-state index in [1.54, 1.807) is 0 Å². The Balaban J connectivity index is 2.68. The molecule has 0 aliphatic heterocycles. The van der Waals surface area contributed by atoms with E-state index >= 15 is 0 Å². The lowest BCUT2D eigenvalue weighted by Gasteiger charge is -2.13. The quantitative estimate of drug-likeness (QED) is 0.682. The van der Waals surface area contributed by atoms with Crippen LogP contribution in [-0.2, 0) is 11.3 Å². The topological polar surface area (TPSA) is 62.3 Å². The van der Waals surface area contributed by atoms with Gasteiger partial charge in [0.1, 0.15) is 18.2 Å². The van der Waals surface area contributed by atoms with Crippen LogP contribution in [0.1, 0.15) is 26.1 Å². The fourth-order valence-electron chi connectivity index (χ4n) is 1.60. The maximum Gasteiger partial charge on any atom is 0.158 e. The van der Waals surface area contributed by atoms with Gasteiger partial charge in [-0.05, 0) is 27.4 Å².